The van der Waals surface area contributed by atoms with Gasteiger partial charge >= 0.3 is 0 Å². The Morgan fingerprint density at radius 3 is 3.11 bits per heavy atom. The van der Waals surface area contributed by atoms with Gasteiger partial charge < -0.3 is 14.8 Å². The highest BCUT2D eigenvalue weighted by molar-refractivity contribution is 9.10. The molecule has 0 saturated heterocycles. The van der Waals surface area contributed by atoms with Crippen molar-refractivity contribution in [2.45, 2.75) is 13.3 Å². The molecular formula is C12H13BrN2O2S. The van der Waals surface area contributed by atoms with Gasteiger partial charge in [0.1, 0.15) is 23.4 Å². The van der Waals surface area contributed by atoms with Crippen molar-refractivity contribution in [1.82, 2.24) is 4.98 Å². The van der Waals surface area contributed by atoms with Gasteiger partial charge in [0.25, 0.3) is 0 Å². The van der Waals surface area contributed by atoms with Crippen molar-refractivity contribution in [2.75, 3.05) is 25.1 Å². The Kier molecular flexibility index (Phi) is 3.30. The average Bonchev–Trinajstić information content (AvgIpc) is 2.81. The summed E-state index contributed by atoms with van der Waals surface area (Å²) >= 11 is 5.15. The number of nitrogens with zero attached hydrogens (tertiary/aromatic N) is 1. The van der Waals surface area contributed by atoms with Crippen LogP contribution in [0, 0.1) is 0 Å². The number of fused-ring (bicyclic) bond motifs is 3. The number of nitrogens with one attached hydrogen (secondary N) is 1. The summed E-state index contributed by atoms with van der Waals surface area (Å²) in [7, 11) is 0. The molecule has 96 valence electrons. The van der Waals surface area contributed by atoms with Gasteiger partial charge in [-0.2, -0.15) is 0 Å². The predicted molar refractivity (Wildman–Crippen MR) is 77.1 cm³/mol. The number of thiazole rings is 1. The van der Waals surface area contributed by atoms with Crippen molar-refractivity contribution < 1.29 is 9.47 Å². The molecule has 4 nitrogen and oxygen atoms in total. The average molecular weight is 329 g/mol. The fourth-order valence-corrected chi connectivity index (χ4v) is 3.48. The third-order valence-corrected chi connectivity index (χ3v) is 4.27. The fraction of sp³-hybridized carbons (Fsp3) is 0.417. The Labute approximate surface area is 117 Å². The van der Waals surface area contributed by atoms with Gasteiger partial charge in [0.2, 0.25) is 0 Å². The number of hydrogen-bond acceptors (Lipinski definition) is 5. The van der Waals surface area contributed by atoms with Gasteiger partial charge in [-0.1, -0.05) is 18.3 Å². The Morgan fingerprint density at radius 1 is 1.44 bits per heavy atom. The highest BCUT2D eigenvalue weighted by atomic mass is 79.9. The minimum Gasteiger partial charge on any atom is -0.486 e. The second kappa shape index (κ2) is 4.93. The second-order valence-corrected chi connectivity index (χ2v) is 5.86. The Hall–Kier alpha value is -1.01. The molecule has 2 heterocycles. The Bertz CT molecular complexity index is 585. The van der Waals surface area contributed by atoms with E-state index >= 15 is 0 Å². The maximum Gasteiger partial charge on any atom is 0.183 e. The number of ether oxygens (including phenoxy) is 2. The van der Waals surface area contributed by atoms with E-state index in [0.717, 1.165) is 44.3 Å². The van der Waals surface area contributed by atoms with E-state index in [1.54, 1.807) is 11.3 Å². The van der Waals surface area contributed by atoms with Crippen molar-refractivity contribution in [3.63, 3.8) is 0 Å². The van der Waals surface area contributed by atoms with Crippen LogP contribution in [0.1, 0.15) is 13.3 Å². The van der Waals surface area contributed by atoms with Gasteiger partial charge in [-0.3, -0.25) is 0 Å². The summed E-state index contributed by atoms with van der Waals surface area (Å²) in [4.78, 5) is 4.58. The Morgan fingerprint density at radius 2 is 2.28 bits per heavy atom. The third kappa shape index (κ3) is 2.03. The Balaban J connectivity index is 2.10. The van der Waals surface area contributed by atoms with Crippen LogP contribution in [-0.2, 0) is 0 Å². The van der Waals surface area contributed by atoms with Crippen LogP contribution in [-0.4, -0.2) is 24.7 Å². The largest absolute Gasteiger partial charge is 0.486 e. The summed E-state index contributed by atoms with van der Waals surface area (Å²) in [5, 5.41) is 4.23. The molecule has 0 atom stereocenters. The molecule has 18 heavy (non-hydrogen) atoms. The van der Waals surface area contributed by atoms with Crippen LogP contribution in [0.3, 0.4) is 0 Å². The van der Waals surface area contributed by atoms with Crippen molar-refractivity contribution in [3.8, 4) is 11.5 Å². The molecule has 1 N–H and O–H groups in total. The molecule has 0 bridgehead atoms. The van der Waals surface area contributed by atoms with Crippen LogP contribution in [0.4, 0.5) is 5.13 Å². The van der Waals surface area contributed by atoms with Crippen LogP contribution in [0.2, 0.25) is 0 Å². The number of halogens is 1. The molecule has 1 aliphatic heterocycles. The summed E-state index contributed by atoms with van der Waals surface area (Å²) in [6, 6.07) is 1.93. The molecule has 0 aliphatic carbocycles. The standard InChI is InChI=1S/C12H13BrN2O2S/c1-2-3-14-12-15-9-7(13)6-8-10(11(9)18-12)17-5-4-16-8/h6H,2-5H2,1H3,(H,14,15). The highest BCUT2D eigenvalue weighted by Gasteiger charge is 2.20. The first-order chi connectivity index (χ1) is 8.79. The maximum absolute atomic E-state index is 5.71. The molecular weight excluding hydrogens is 316 g/mol. The molecule has 1 aromatic heterocycles. The summed E-state index contributed by atoms with van der Waals surface area (Å²) in [5.41, 5.74) is 0.933. The van der Waals surface area contributed by atoms with Gasteiger partial charge in [-0.05, 0) is 22.4 Å². The molecule has 1 aliphatic rings. The van der Waals surface area contributed by atoms with Gasteiger partial charge in [-0.25, -0.2) is 4.98 Å². The number of aromatic nitrogens is 1. The van der Waals surface area contributed by atoms with Crippen molar-refractivity contribution in [3.05, 3.63) is 10.5 Å². The molecule has 6 heteroatoms. The zero-order chi connectivity index (χ0) is 12.5. The van der Waals surface area contributed by atoms with Crippen LogP contribution in [0.15, 0.2) is 10.5 Å². The number of rotatable bonds is 3. The lowest BCUT2D eigenvalue weighted by Gasteiger charge is -2.18. The normalized spacial score (nSPS) is 13.9. The first-order valence-corrected chi connectivity index (χ1v) is 7.53. The van der Waals surface area contributed by atoms with E-state index < -0.39 is 0 Å². The minimum atomic E-state index is 0.597. The van der Waals surface area contributed by atoms with Gasteiger partial charge in [0, 0.05) is 17.1 Å². The van der Waals surface area contributed by atoms with Crippen LogP contribution < -0.4 is 14.8 Å². The first-order valence-electron chi connectivity index (χ1n) is 5.92. The zero-order valence-electron chi connectivity index (χ0n) is 9.96. The number of hydrogen-bond donors (Lipinski definition) is 1. The van der Waals surface area contributed by atoms with Gasteiger partial charge in [0.05, 0.1) is 0 Å². The quantitative estimate of drug-likeness (QED) is 0.933. The SMILES string of the molecule is CCCNc1nc2c(Br)cc3c(c2s1)OCCO3. The molecule has 0 fully saturated rings. The maximum atomic E-state index is 5.71. The van der Waals surface area contributed by atoms with E-state index in [4.69, 9.17) is 9.47 Å². The van der Waals surface area contributed by atoms with E-state index in [-0.39, 0.29) is 0 Å². The predicted octanol–water partition coefficient (Wildman–Crippen LogP) is 3.65. The lowest BCUT2D eigenvalue weighted by atomic mass is 10.3. The fourth-order valence-electron chi connectivity index (χ4n) is 1.84. The molecule has 0 spiro atoms. The summed E-state index contributed by atoms with van der Waals surface area (Å²) < 4.78 is 13.3. The third-order valence-electron chi connectivity index (χ3n) is 2.65. The smallest absolute Gasteiger partial charge is 0.183 e. The molecule has 2 aromatic rings. The summed E-state index contributed by atoms with van der Waals surface area (Å²) in [6.07, 6.45) is 1.08. The van der Waals surface area contributed by atoms with Crippen LogP contribution >= 0.6 is 27.3 Å². The lowest BCUT2D eigenvalue weighted by Crippen LogP contribution is -2.15. The van der Waals surface area contributed by atoms with E-state index in [9.17, 15) is 0 Å². The first kappa shape index (κ1) is 12.0. The molecule has 0 unspecified atom stereocenters. The molecule has 1 aromatic carbocycles. The molecule has 3 rings (SSSR count). The van der Waals surface area contributed by atoms with Crippen molar-refractivity contribution in [2.24, 2.45) is 0 Å². The number of benzene rings is 1. The van der Waals surface area contributed by atoms with E-state index in [2.05, 4.69) is 33.2 Å². The van der Waals surface area contributed by atoms with Gasteiger partial charge in [0.15, 0.2) is 16.6 Å². The highest BCUT2D eigenvalue weighted by Crippen LogP contribution is 2.45. The van der Waals surface area contributed by atoms with Crippen LogP contribution in [0.25, 0.3) is 10.2 Å². The van der Waals surface area contributed by atoms with Gasteiger partial charge in [-0.15, -0.1) is 0 Å². The zero-order valence-corrected chi connectivity index (χ0v) is 12.4. The monoisotopic (exact) mass is 328 g/mol. The second-order valence-electron chi connectivity index (χ2n) is 4.01. The van der Waals surface area contributed by atoms with E-state index in [1.807, 2.05) is 6.07 Å². The van der Waals surface area contributed by atoms with Crippen LogP contribution in [0.5, 0.6) is 11.5 Å². The molecule has 0 amide bonds. The topological polar surface area (TPSA) is 43.4 Å². The van der Waals surface area contributed by atoms with E-state index in [1.165, 1.54) is 0 Å². The molecule has 0 saturated carbocycles. The van der Waals surface area contributed by atoms with E-state index in [0.29, 0.717) is 13.2 Å². The minimum absolute atomic E-state index is 0.597. The van der Waals surface area contributed by atoms with Crippen molar-refractivity contribution in [1.29, 1.82) is 0 Å². The summed E-state index contributed by atoms with van der Waals surface area (Å²) in [5.74, 6) is 1.62. The lowest BCUT2D eigenvalue weighted by molar-refractivity contribution is 0.174. The molecule has 0 radical (unpaired) electrons. The van der Waals surface area contributed by atoms with Crippen molar-refractivity contribution >= 4 is 42.6 Å². The number of anilines is 1. The summed E-state index contributed by atoms with van der Waals surface area (Å²) in [6.45, 7) is 4.26.